The van der Waals surface area contributed by atoms with Crippen LogP contribution in [0.25, 0.3) is 0 Å². The second-order valence-electron chi connectivity index (χ2n) is 6.92. The van der Waals surface area contributed by atoms with Crippen LogP contribution in [-0.2, 0) is 0 Å². The van der Waals surface area contributed by atoms with Crippen molar-refractivity contribution in [2.24, 2.45) is 5.41 Å². The zero-order valence-electron chi connectivity index (χ0n) is 12.3. The van der Waals surface area contributed by atoms with Gasteiger partial charge in [-0.15, -0.1) is 0 Å². The molecule has 1 aromatic rings. The summed E-state index contributed by atoms with van der Waals surface area (Å²) in [5.74, 6) is 0.724. The van der Waals surface area contributed by atoms with Crippen molar-refractivity contribution in [1.29, 1.82) is 0 Å². The molecule has 2 unspecified atom stereocenters. The molecule has 0 fully saturated rings. The molecule has 1 aromatic carbocycles. The molecule has 1 heteroatoms. The minimum absolute atomic E-state index is 0.425. The summed E-state index contributed by atoms with van der Waals surface area (Å²) in [5.41, 5.74) is 3.51. The molecule has 0 radical (unpaired) electrons. The van der Waals surface area contributed by atoms with Crippen LogP contribution in [0.5, 0.6) is 0 Å². The predicted octanol–water partition coefficient (Wildman–Crippen LogP) is 4.65. The van der Waals surface area contributed by atoms with Gasteiger partial charge in [-0.05, 0) is 48.3 Å². The first-order valence-corrected chi connectivity index (χ1v) is 7.29. The molecule has 0 spiro atoms. The summed E-state index contributed by atoms with van der Waals surface area (Å²) in [6.45, 7) is 10.4. The average Bonchev–Trinajstić information content (AvgIpc) is 2.31. The fraction of sp³-hybridized carbons (Fsp3) is 0.647. The van der Waals surface area contributed by atoms with Crippen LogP contribution in [0.2, 0.25) is 0 Å². The maximum atomic E-state index is 3.75. The third-order valence-electron chi connectivity index (χ3n) is 4.06. The van der Waals surface area contributed by atoms with Gasteiger partial charge < -0.3 is 5.32 Å². The molecule has 18 heavy (non-hydrogen) atoms. The summed E-state index contributed by atoms with van der Waals surface area (Å²) >= 11 is 0. The molecule has 1 aliphatic carbocycles. The summed E-state index contributed by atoms with van der Waals surface area (Å²) in [6.07, 6.45) is 3.83. The van der Waals surface area contributed by atoms with Gasteiger partial charge in [0, 0.05) is 6.04 Å². The van der Waals surface area contributed by atoms with Crippen molar-refractivity contribution in [3.05, 3.63) is 35.4 Å². The Morgan fingerprint density at radius 3 is 2.44 bits per heavy atom. The third-order valence-corrected chi connectivity index (χ3v) is 4.06. The highest BCUT2D eigenvalue weighted by atomic mass is 14.9. The number of hydrogen-bond donors (Lipinski definition) is 1. The van der Waals surface area contributed by atoms with E-state index in [0.717, 1.165) is 12.5 Å². The fourth-order valence-corrected chi connectivity index (χ4v) is 2.84. The van der Waals surface area contributed by atoms with Gasteiger partial charge in [0.05, 0.1) is 0 Å². The number of rotatable bonds is 3. The Bertz CT molecular complexity index is 389. The zero-order chi connectivity index (χ0) is 13.2. The van der Waals surface area contributed by atoms with Crippen LogP contribution in [-0.4, -0.2) is 6.54 Å². The summed E-state index contributed by atoms with van der Waals surface area (Å²) in [5, 5.41) is 3.75. The Labute approximate surface area is 112 Å². The summed E-state index contributed by atoms with van der Waals surface area (Å²) in [4.78, 5) is 0. The number of nitrogens with one attached hydrogen (secondary N) is 1. The van der Waals surface area contributed by atoms with Crippen LogP contribution < -0.4 is 5.32 Å². The van der Waals surface area contributed by atoms with Crippen molar-refractivity contribution in [3.8, 4) is 0 Å². The molecule has 100 valence electrons. The molecule has 0 heterocycles. The summed E-state index contributed by atoms with van der Waals surface area (Å²) in [7, 11) is 0. The second kappa shape index (κ2) is 5.44. The molecule has 2 rings (SSSR count). The monoisotopic (exact) mass is 245 g/mol. The van der Waals surface area contributed by atoms with E-state index >= 15 is 0 Å². The molecule has 2 atom stereocenters. The molecule has 1 aliphatic rings. The summed E-state index contributed by atoms with van der Waals surface area (Å²) < 4.78 is 0. The lowest BCUT2D eigenvalue weighted by molar-refractivity contribution is 0.342. The van der Waals surface area contributed by atoms with Crippen LogP contribution in [0, 0.1) is 5.41 Å². The van der Waals surface area contributed by atoms with Crippen LogP contribution in [0.15, 0.2) is 24.3 Å². The van der Waals surface area contributed by atoms with Gasteiger partial charge >= 0.3 is 0 Å². The third kappa shape index (κ3) is 3.35. The van der Waals surface area contributed by atoms with E-state index in [1.54, 1.807) is 5.56 Å². The zero-order valence-corrected chi connectivity index (χ0v) is 12.3. The fourth-order valence-electron chi connectivity index (χ4n) is 2.84. The first-order chi connectivity index (χ1) is 8.47. The van der Waals surface area contributed by atoms with E-state index in [-0.39, 0.29) is 0 Å². The van der Waals surface area contributed by atoms with Crippen LogP contribution in [0.3, 0.4) is 0 Å². The molecule has 0 saturated carbocycles. The number of benzene rings is 1. The molecule has 0 aliphatic heterocycles. The second-order valence-corrected chi connectivity index (χ2v) is 6.92. The first-order valence-electron chi connectivity index (χ1n) is 7.29. The van der Waals surface area contributed by atoms with E-state index in [0.29, 0.717) is 11.5 Å². The molecular formula is C17H27N. The number of hydrogen-bond acceptors (Lipinski definition) is 1. The van der Waals surface area contributed by atoms with Gasteiger partial charge in [0.2, 0.25) is 0 Å². The lowest BCUT2D eigenvalue weighted by Crippen LogP contribution is -2.28. The molecule has 1 nitrogen and oxygen atoms in total. The van der Waals surface area contributed by atoms with Crippen molar-refractivity contribution in [3.63, 3.8) is 0 Å². The highest BCUT2D eigenvalue weighted by Crippen LogP contribution is 2.37. The standard InChI is InChI=1S/C17H27N/c1-13-9-10-16(18-12-11-17(2,3)4)15-8-6-5-7-14(13)15/h5-8,13,16,18H,9-12H2,1-4H3. The largest absolute Gasteiger partial charge is 0.310 e. The minimum atomic E-state index is 0.425. The quantitative estimate of drug-likeness (QED) is 0.817. The van der Waals surface area contributed by atoms with Gasteiger partial charge in [0.15, 0.2) is 0 Å². The molecular weight excluding hydrogens is 218 g/mol. The Balaban J connectivity index is 2.01. The Hall–Kier alpha value is -0.820. The van der Waals surface area contributed by atoms with Gasteiger partial charge in [0.1, 0.15) is 0 Å². The normalized spacial score (nSPS) is 23.8. The van der Waals surface area contributed by atoms with Gasteiger partial charge in [-0.2, -0.15) is 0 Å². The topological polar surface area (TPSA) is 12.0 Å². The highest BCUT2D eigenvalue weighted by molar-refractivity contribution is 5.34. The van der Waals surface area contributed by atoms with Crippen molar-refractivity contribution in [2.45, 2.75) is 58.9 Å². The lowest BCUT2D eigenvalue weighted by atomic mass is 9.81. The Kier molecular flexibility index (Phi) is 4.11. The highest BCUT2D eigenvalue weighted by Gasteiger charge is 2.24. The molecule has 0 aromatic heterocycles. The van der Waals surface area contributed by atoms with Crippen molar-refractivity contribution < 1.29 is 0 Å². The van der Waals surface area contributed by atoms with E-state index in [9.17, 15) is 0 Å². The van der Waals surface area contributed by atoms with Crippen LogP contribution in [0.1, 0.15) is 70.0 Å². The van der Waals surface area contributed by atoms with E-state index < -0.39 is 0 Å². The van der Waals surface area contributed by atoms with Gasteiger partial charge in [-0.1, -0.05) is 52.0 Å². The predicted molar refractivity (Wildman–Crippen MR) is 78.9 cm³/mol. The maximum absolute atomic E-state index is 3.75. The van der Waals surface area contributed by atoms with Gasteiger partial charge in [-0.25, -0.2) is 0 Å². The summed E-state index contributed by atoms with van der Waals surface area (Å²) in [6, 6.07) is 9.53. The van der Waals surface area contributed by atoms with Gasteiger partial charge in [-0.3, -0.25) is 0 Å². The SMILES string of the molecule is CC1CCC(NCCC(C)(C)C)c2ccccc21. The molecule has 1 N–H and O–H groups in total. The Morgan fingerprint density at radius 1 is 1.11 bits per heavy atom. The van der Waals surface area contributed by atoms with Crippen LogP contribution in [0.4, 0.5) is 0 Å². The van der Waals surface area contributed by atoms with Crippen molar-refractivity contribution in [2.75, 3.05) is 6.54 Å². The van der Waals surface area contributed by atoms with E-state index in [4.69, 9.17) is 0 Å². The maximum Gasteiger partial charge on any atom is 0.0323 e. The van der Waals surface area contributed by atoms with Crippen LogP contribution >= 0.6 is 0 Å². The van der Waals surface area contributed by atoms with E-state index in [2.05, 4.69) is 57.3 Å². The number of fused-ring (bicyclic) bond motifs is 1. The van der Waals surface area contributed by atoms with Gasteiger partial charge in [0.25, 0.3) is 0 Å². The van der Waals surface area contributed by atoms with Crippen molar-refractivity contribution >= 4 is 0 Å². The molecule has 0 bridgehead atoms. The van der Waals surface area contributed by atoms with Crippen molar-refractivity contribution in [1.82, 2.24) is 5.32 Å². The molecule has 0 amide bonds. The smallest absolute Gasteiger partial charge is 0.0323 e. The minimum Gasteiger partial charge on any atom is -0.310 e. The van der Waals surface area contributed by atoms with E-state index in [1.807, 2.05) is 0 Å². The first kappa shape index (κ1) is 13.6. The molecule has 0 saturated heterocycles. The Morgan fingerprint density at radius 2 is 1.78 bits per heavy atom. The average molecular weight is 245 g/mol. The van der Waals surface area contributed by atoms with E-state index in [1.165, 1.54) is 24.8 Å². The lowest BCUT2D eigenvalue weighted by Gasteiger charge is -2.31.